The quantitative estimate of drug-likeness (QED) is 0.442. The fourth-order valence-electron chi connectivity index (χ4n) is 5.05. The van der Waals surface area contributed by atoms with Crippen molar-refractivity contribution in [2.45, 2.75) is 70.7 Å². The number of aryl methyl sites for hydroxylation is 1. The molecule has 0 bridgehead atoms. The van der Waals surface area contributed by atoms with Gasteiger partial charge in [0, 0.05) is 29.4 Å². The molecule has 1 saturated carbocycles. The van der Waals surface area contributed by atoms with E-state index in [1.54, 1.807) is 33.9 Å². The molecule has 1 saturated heterocycles. The summed E-state index contributed by atoms with van der Waals surface area (Å²) in [6.07, 6.45) is 0.600. The van der Waals surface area contributed by atoms with Crippen LogP contribution in [0.2, 0.25) is 0 Å². The van der Waals surface area contributed by atoms with Crippen molar-refractivity contribution in [2.24, 2.45) is 5.92 Å². The highest BCUT2D eigenvalue weighted by molar-refractivity contribution is 5.94. The molecule has 11 nitrogen and oxygen atoms in total. The Morgan fingerprint density at radius 3 is 2.58 bits per heavy atom. The number of aliphatic carboxylic acids is 1. The lowest BCUT2D eigenvalue weighted by molar-refractivity contribution is -0.144. The summed E-state index contributed by atoms with van der Waals surface area (Å²) < 4.78 is 23.1. The van der Waals surface area contributed by atoms with Crippen molar-refractivity contribution in [1.29, 1.82) is 0 Å². The highest BCUT2D eigenvalue weighted by Crippen LogP contribution is 2.45. The number of fused-ring (bicyclic) bond motifs is 1. The molecular formula is C29H37N3O8. The van der Waals surface area contributed by atoms with Crippen molar-refractivity contribution in [3.63, 3.8) is 0 Å². The highest BCUT2D eigenvalue weighted by atomic mass is 16.6. The molecule has 2 aliphatic rings. The molecule has 11 heteroatoms. The molecule has 2 N–H and O–H groups in total. The summed E-state index contributed by atoms with van der Waals surface area (Å²) in [4.78, 5) is 44.5. The number of pyridine rings is 1. The predicted molar refractivity (Wildman–Crippen MR) is 147 cm³/mol. The summed E-state index contributed by atoms with van der Waals surface area (Å²) in [6, 6.07) is 4.34. The van der Waals surface area contributed by atoms with E-state index in [1.165, 1.54) is 11.0 Å². The first kappa shape index (κ1) is 29.0. The molecule has 2 aromatic rings. The fourth-order valence-corrected chi connectivity index (χ4v) is 5.05. The van der Waals surface area contributed by atoms with E-state index in [9.17, 15) is 19.5 Å². The number of nitrogens with one attached hydrogen (secondary N) is 1. The van der Waals surface area contributed by atoms with Gasteiger partial charge in [-0.15, -0.1) is 6.58 Å². The lowest BCUT2D eigenvalue weighted by atomic mass is 10.1. The van der Waals surface area contributed by atoms with Gasteiger partial charge in [-0.2, -0.15) is 0 Å². The maximum atomic E-state index is 13.5. The monoisotopic (exact) mass is 555 g/mol. The Balaban J connectivity index is 1.65. The number of carboxylic acids is 1. The van der Waals surface area contributed by atoms with Crippen molar-refractivity contribution < 1.29 is 38.4 Å². The van der Waals surface area contributed by atoms with Gasteiger partial charge >= 0.3 is 12.1 Å². The molecule has 2 amide bonds. The Kier molecular flexibility index (Phi) is 7.87. The van der Waals surface area contributed by atoms with E-state index >= 15 is 0 Å². The van der Waals surface area contributed by atoms with Crippen LogP contribution in [0.5, 0.6) is 17.4 Å². The third kappa shape index (κ3) is 5.64. The number of ether oxygens (including phenoxy) is 4. The number of carbonyl (C=O) groups excluding carboxylic acids is 2. The second kappa shape index (κ2) is 10.9. The van der Waals surface area contributed by atoms with E-state index in [-0.39, 0.29) is 19.4 Å². The first-order valence-electron chi connectivity index (χ1n) is 13.3. The van der Waals surface area contributed by atoms with Crippen LogP contribution in [0, 0.1) is 12.8 Å². The average molecular weight is 556 g/mol. The molecule has 2 fully saturated rings. The number of aromatic nitrogens is 1. The molecule has 0 radical (unpaired) electrons. The minimum absolute atomic E-state index is 0.0564. The van der Waals surface area contributed by atoms with Crippen molar-refractivity contribution in [3.05, 3.63) is 36.4 Å². The molecule has 4 rings (SSSR count). The third-order valence-corrected chi connectivity index (χ3v) is 7.15. The Morgan fingerprint density at radius 2 is 2.00 bits per heavy atom. The van der Waals surface area contributed by atoms with Crippen molar-refractivity contribution >= 4 is 28.9 Å². The molecule has 4 atom stereocenters. The van der Waals surface area contributed by atoms with Crippen molar-refractivity contribution in [2.75, 3.05) is 20.3 Å². The topological polar surface area (TPSA) is 137 Å². The lowest BCUT2D eigenvalue weighted by Gasteiger charge is -2.28. The summed E-state index contributed by atoms with van der Waals surface area (Å²) in [5, 5.41) is 13.2. The molecule has 40 heavy (non-hydrogen) atoms. The Hall–Kier alpha value is -4.02. The van der Waals surface area contributed by atoms with Crippen molar-refractivity contribution in [3.8, 4) is 17.4 Å². The number of likely N-dealkylation sites (tertiary alicyclic amines) is 1. The summed E-state index contributed by atoms with van der Waals surface area (Å²) in [5.74, 6) is -0.608. The zero-order valence-electron chi connectivity index (χ0n) is 23.8. The van der Waals surface area contributed by atoms with Crippen LogP contribution in [0.15, 0.2) is 30.9 Å². The number of carboxylic acid groups (broad SMARTS) is 1. The van der Waals surface area contributed by atoms with E-state index in [4.69, 9.17) is 18.9 Å². The summed E-state index contributed by atoms with van der Waals surface area (Å²) >= 11 is 0. The predicted octanol–water partition coefficient (Wildman–Crippen LogP) is 3.85. The second-order valence-corrected chi connectivity index (χ2v) is 11.1. The maximum Gasteiger partial charge on any atom is 0.411 e. The number of methoxy groups -OCH3 is 1. The lowest BCUT2D eigenvalue weighted by Crippen LogP contribution is -2.53. The molecular weight excluding hydrogens is 518 g/mol. The Morgan fingerprint density at radius 1 is 1.27 bits per heavy atom. The van der Waals surface area contributed by atoms with Gasteiger partial charge in [0.25, 0.3) is 0 Å². The number of hydrogen-bond donors (Lipinski definition) is 2. The van der Waals surface area contributed by atoms with Crippen LogP contribution in [0.25, 0.3) is 10.9 Å². The van der Waals surface area contributed by atoms with Gasteiger partial charge in [-0.25, -0.2) is 14.6 Å². The van der Waals surface area contributed by atoms with E-state index < -0.39 is 47.2 Å². The van der Waals surface area contributed by atoms with Gasteiger partial charge in [0.15, 0.2) is 0 Å². The molecule has 216 valence electrons. The first-order valence-corrected chi connectivity index (χ1v) is 13.3. The van der Waals surface area contributed by atoms with E-state index in [0.29, 0.717) is 29.5 Å². The second-order valence-electron chi connectivity index (χ2n) is 11.1. The summed E-state index contributed by atoms with van der Waals surface area (Å²) in [7, 11) is 1.58. The van der Waals surface area contributed by atoms with Gasteiger partial charge in [0.05, 0.1) is 25.8 Å². The van der Waals surface area contributed by atoms with Gasteiger partial charge in [-0.1, -0.05) is 6.08 Å². The van der Waals surface area contributed by atoms with E-state index in [0.717, 1.165) is 10.9 Å². The minimum Gasteiger partial charge on any atom is -0.496 e. The van der Waals surface area contributed by atoms with Crippen LogP contribution in [-0.2, 0) is 14.3 Å². The normalized spacial score (nSPS) is 23.9. The number of benzene rings is 1. The SMILES string of the molecule is C=C[C@@H]1C[C@]1(NC(=O)[C@@H]1C[C@@H](Oc2cc(OCC)nc3c(C)c(OC)ccc23)CN1C(=O)OC(C)(C)C)C(=O)O. The zero-order valence-corrected chi connectivity index (χ0v) is 23.8. The standard InChI is InChI=1S/C29H37N3O8/c1-8-17-14-29(17,26(34)35)31-25(33)20-12-18(15-32(20)27(36)40-28(4,5)6)39-22-13-23(38-9-2)30-24-16(3)21(37-7)11-10-19(22)24/h8,10-11,13,17-18,20H,1,9,12,14-15H2,2-7H3,(H,31,33)(H,34,35)/t17-,18-,20+,29-/m1/s1. The Labute approximate surface area is 233 Å². The van der Waals surface area contributed by atoms with Crippen LogP contribution in [0.3, 0.4) is 0 Å². The zero-order chi connectivity index (χ0) is 29.4. The average Bonchev–Trinajstić information content (AvgIpc) is 3.43. The van der Waals surface area contributed by atoms with Gasteiger partial charge in [0.2, 0.25) is 11.8 Å². The first-order chi connectivity index (χ1) is 18.8. The van der Waals surface area contributed by atoms with Gasteiger partial charge in [-0.05, 0) is 53.2 Å². The smallest absolute Gasteiger partial charge is 0.411 e. The Bertz CT molecular complexity index is 1340. The maximum absolute atomic E-state index is 13.5. The number of carbonyl (C=O) groups is 3. The third-order valence-electron chi connectivity index (χ3n) is 7.15. The van der Waals surface area contributed by atoms with Gasteiger partial charge in [-0.3, -0.25) is 9.69 Å². The van der Waals surface area contributed by atoms with Crippen LogP contribution in [0.1, 0.15) is 46.1 Å². The molecule has 1 aliphatic carbocycles. The van der Waals surface area contributed by atoms with Gasteiger partial charge < -0.3 is 29.4 Å². The van der Waals surface area contributed by atoms with E-state index in [2.05, 4.69) is 16.9 Å². The minimum atomic E-state index is -1.43. The molecule has 1 aromatic heterocycles. The highest BCUT2D eigenvalue weighted by Gasteiger charge is 2.61. The molecule has 0 unspecified atom stereocenters. The van der Waals surface area contributed by atoms with Crippen LogP contribution < -0.4 is 19.5 Å². The van der Waals surface area contributed by atoms with E-state index in [1.807, 2.05) is 26.0 Å². The number of nitrogens with zero attached hydrogens (tertiary/aromatic N) is 2. The molecule has 2 heterocycles. The molecule has 1 aromatic carbocycles. The van der Waals surface area contributed by atoms with Crippen molar-refractivity contribution in [1.82, 2.24) is 15.2 Å². The van der Waals surface area contributed by atoms with Gasteiger partial charge in [0.1, 0.15) is 34.8 Å². The summed E-state index contributed by atoms with van der Waals surface area (Å²) in [6.45, 7) is 13.1. The summed E-state index contributed by atoms with van der Waals surface area (Å²) in [5.41, 5.74) is -0.773. The number of hydrogen-bond acceptors (Lipinski definition) is 8. The van der Waals surface area contributed by atoms with Crippen LogP contribution in [0.4, 0.5) is 4.79 Å². The van der Waals surface area contributed by atoms with Crippen LogP contribution in [-0.4, -0.2) is 76.5 Å². The molecule has 0 spiro atoms. The molecule has 1 aliphatic heterocycles. The largest absolute Gasteiger partial charge is 0.496 e. The number of amides is 2. The number of rotatable bonds is 9. The fraction of sp³-hybridized carbons (Fsp3) is 0.517. The van der Waals surface area contributed by atoms with Crippen LogP contribution >= 0.6 is 0 Å².